The Bertz CT molecular complexity index is 796. The van der Waals surface area contributed by atoms with Crippen molar-refractivity contribution < 1.29 is 9.84 Å². The van der Waals surface area contributed by atoms with Gasteiger partial charge in [0, 0.05) is 43.8 Å². The number of aliphatic hydroxyl groups is 1. The van der Waals surface area contributed by atoms with Crippen LogP contribution in [0.2, 0.25) is 0 Å². The number of likely N-dealkylation sites (tertiary alicyclic amines) is 1. The minimum Gasteiger partial charge on any atom is -0.492 e. The number of ether oxygens (including phenoxy) is 1. The summed E-state index contributed by atoms with van der Waals surface area (Å²) in [6, 6.07) is 5.74. The minimum atomic E-state index is -0.732. The van der Waals surface area contributed by atoms with Crippen molar-refractivity contribution in [2.24, 2.45) is 11.8 Å². The molecule has 150 valence electrons. The lowest BCUT2D eigenvalue weighted by Crippen LogP contribution is -2.33. The third-order valence-corrected chi connectivity index (χ3v) is 5.62. The fraction of sp³-hybridized carbons (Fsp3) is 0.571. The van der Waals surface area contributed by atoms with E-state index in [1.807, 2.05) is 32.0 Å². The Hall–Kier alpha value is -2.25. The highest BCUT2D eigenvalue weighted by Crippen LogP contribution is 2.37. The van der Waals surface area contributed by atoms with Crippen molar-refractivity contribution in [3.8, 4) is 5.75 Å². The predicted molar refractivity (Wildman–Crippen MR) is 107 cm³/mol. The number of aryl methyl sites for hydroxylation is 2. The monoisotopic (exact) mass is 383 g/mol. The van der Waals surface area contributed by atoms with Crippen LogP contribution in [-0.4, -0.2) is 57.7 Å². The number of hydrogen-bond donors (Lipinski definition) is 1. The number of rotatable bonds is 6. The van der Waals surface area contributed by atoms with Gasteiger partial charge in [-0.2, -0.15) is 0 Å². The predicted octanol–water partition coefficient (Wildman–Crippen LogP) is 2.34. The Morgan fingerprint density at radius 2 is 1.82 bits per heavy atom. The molecule has 7 nitrogen and oxygen atoms in total. The number of pyridine rings is 1. The molecule has 4 rings (SSSR count). The molecule has 0 aromatic carbocycles. The Balaban J connectivity index is 1.42. The number of hydrogen-bond acceptors (Lipinski definition) is 7. The van der Waals surface area contributed by atoms with E-state index >= 15 is 0 Å². The molecule has 2 aromatic heterocycles. The molecule has 0 saturated carbocycles. The van der Waals surface area contributed by atoms with Gasteiger partial charge in [-0.25, -0.2) is 9.97 Å². The fourth-order valence-electron chi connectivity index (χ4n) is 4.34. The molecule has 0 radical (unpaired) electrons. The maximum absolute atomic E-state index is 11.0. The van der Waals surface area contributed by atoms with Gasteiger partial charge in [0.15, 0.2) is 6.23 Å². The molecule has 2 aliphatic rings. The van der Waals surface area contributed by atoms with Crippen molar-refractivity contribution in [2.75, 3.05) is 37.7 Å². The summed E-state index contributed by atoms with van der Waals surface area (Å²) in [7, 11) is 0. The largest absolute Gasteiger partial charge is 0.492 e. The molecule has 0 amide bonds. The zero-order chi connectivity index (χ0) is 19.7. The van der Waals surface area contributed by atoms with Crippen LogP contribution in [0.4, 0.5) is 5.95 Å². The average Bonchev–Trinajstić information content (AvgIpc) is 3.24. The van der Waals surface area contributed by atoms with Crippen LogP contribution in [0, 0.1) is 25.7 Å². The van der Waals surface area contributed by atoms with E-state index < -0.39 is 6.23 Å². The third-order valence-electron chi connectivity index (χ3n) is 5.62. The second-order valence-corrected chi connectivity index (χ2v) is 7.94. The average molecular weight is 383 g/mol. The third kappa shape index (κ3) is 3.82. The molecule has 28 heavy (non-hydrogen) atoms. The van der Waals surface area contributed by atoms with Crippen LogP contribution in [0.25, 0.3) is 0 Å². The molecule has 4 heterocycles. The maximum Gasteiger partial charge on any atom is 0.225 e. The van der Waals surface area contributed by atoms with Crippen molar-refractivity contribution in [2.45, 2.75) is 33.4 Å². The first-order chi connectivity index (χ1) is 13.5. The molecule has 1 N–H and O–H groups in total. The van der Waals surface area contributed by atoms with Crippen molar-refractivity contribution in [3.05, 3.63) is 41.5 Å². The molecular weight excluding hydrogens is 354 g/mol. The lowest BCUT2D eigenvalue weighted by Gasteiger charge is -2.26. The molecule has 2 fully saturated rings. The second-order valence-electron chi connectivity index (χ2n) is 7.94. The highest BCUT2D eigenvalue weighted by Gasteiger charge is 2.43. The molecular formula is C21H29N5O2. The normalized spacial score (nSPS) is 23.1. The molecule has 0 spiro atoms. The molecule has 0 aliphatic carbocycles. The van der Waals surface area contributed by atoms with Gasteiger partial charge in [0.1, 0.15) is 11.4 Å². The molecule has 2 aliphatic heterocycles. The van der Waals surface area contributed by atoms with Gasteiger partial charge in [0.25, 0.3) is 0 Å². The summed E-state index contributed by atoms with van der Waals surface area (Å²) < 4.78 is 5.78. The molecule has 2 saturated heterocycles. The van der Waals surface area contributed by atoms with Gasteiger partial charge in [-0.05, 0) is 50.3 Å². The summed E-state index contributed by atoms with van der Waals surface area (Å²) in [5, 5.41) is 11.0. The van der Waals surface area contributed by atoms with E-state index in [0.29, 0.717) is 29.9 Å². The molecule has 0 bridgehead atoms. The number of aliphatic hydroxyl groups excluding tert-OH is 1. The van der Waals surface area contributed by atoms with Crippen LogP contribution in [0.1, 0.15) is 36.7 Å². The number of nitrogens with zero attached hydrogens (tertiary/aromatic N) is 5. The van der Waals surface area contributed by atoms with Gasteiger partial charge in [-0.1, -0.05) is 6.92 Å². The van der Waals surface area contributed by atoms with Crippen molar-refractivity contribution in [3.63, 3.8) is 0 Å². The Morgan fingerprint density at radius 3 is 2.46 bits per heavy atom. The molecule has 3 atom stereocenters. The summed E-state index contributed by atoms with van der Waals surface area (Å²) in [6.45, 7) is 10.3. The first kappa shape index (κ1) is 19.1. The zero-order valence-corrected chi connectivity index (χ0v) is 16.9. The standard InChI is InChI=1S/C21H29N5O2/c1-4-8-28-18-6-5-7-22-19(18)20(27)25-10-16-12-26(13-17(16)11-25)21-23-14(2)9-15(3)24-21/h5-7,9,16-17,20,27H,4,8,10-13H2,1-3H3. The van der Waals surface area contributed by atoms with Crippen LogP contribution in [0.3, 0.4) is 0 Å². The SMILES string of the molecule is CCCOc1cccnc1C(O)N1CC2CN(c3nc(C)cc(C)n3)CC2C1. The van der Waals surface area contributed by atoms with Gasteiger partial charge in [-0.3, -0.25) is 9.88 Å². The van der Waals surface area contributed by atoms with E-state index in [-0.39, 0.29) is 0 Å². The summed E-state index contributed by atoms with van der Waals surface area (Å²) >= 11 is 0. The van der Waals surface area contributed by atoms with Crippen LogP contribution in [-0.2, 0) is 0 Å². The summed E-state index contributed by atoms with van der Waals surface area (Å²) in [6.07, 6.45) is 1.91. The van der Waals surface area contributed by atoms with Gasteiger partial charge in [-0.15, -0.1) is 0 Å². The summed E-state index contributed by atoms with van der Waals surface area (Å²) in [4.78, 5) is 18.0. The van der Waals surface area contributed by atoms with Gasteiger partial charge < -0.3 is 14.7 Å². The van der Waals surface area contributed by atoms with Gasteiger partial charge >= 0.3 is 0 Å². The van der Waals surface area contributed by atoms with E-state index in [4.69, 9.17) is 4.74 Å². The first-order valence-corrected chi connectivity index (χ1v) is 10.1. The minimum absolute atomic E-state index is 0.503. The highest BCUT2D eigenvalue weighted by molar-refractivity contribution is 5.35. The van der Waals surface area contributed by atoms with Crippen LogP contribution in [0.15, 0.2) is 24.4 Å². The first-order valence-electron chi connectivity index (χ1n) is 10.1. The lowest BCUT2D eigenvalue weighted by molar-refractivity contribution is 0.00837. The van der Waals surface area contributed by atoms with E-state index in [9.17, 15) is 5.11 Å². The number of anilines is 1. The fourth-order valence-corrected chi connectivity index (χ4v) is 4.34. The highest BCUT2D eigenvalue weighted by atomic mass is 16.5. The van der Waals surface area contributed by atoms with E-state index in [2.05, 4.69) is 31.7 Å². The van der Waals surface area contributed by atoms with E-state index in [0.717, 1.165) is 49.9 Å². The van der Waals surface area contributed by atoms with E-state index in [1.165, 1.54) is 0 Å². The topological polar surface area (TPSA) is 74.6 Å². The quantitative estimate of drug-likeness (QED) is 0.820. The van der Waals surface area contributed by atoms with Gasteiger partial charge in [0.05, 0.1) is 6.61 Å². The van der Waals surface area contributed by atoms with E-state index in [1.54, 1.807) is 6.20 Å². The molecule has 7 heteroatoms. The summed E-state index contributed by atoms with van der Waals surface area (Å²) in [5.74, 6) is 2.52. The van der Waals surface area contributed by atoms with Crippen LogP contribution in [0.5, 0.6) is 5.75 Å². The van der Waals surface area contributed by atoms with Crippen molar-refractivity contribution in [1.29, 1.82) is 0 Å². The number of aromatic nitrogens is 3. The summed E-state index contributed by atoms with van der Waals surface area (Å²) in [5.41, 5.74) is 2.63. The van der Waals surface area contributed by atoms with Crippen LogP contribution >= 0.6 is 0 Å². The lowest BCUT2D eigenvalue weighted by atomic mass is 10.0. The zero-order valence-electron chi connectivity index (χ0n) is 16.9. The number of fused-ring (bicyclic) bond motifs is 1. The molecule has 3 unspecified atom stereocenters. The second kappa shape index (κ2) is 8.01. The van der Waals surface area contributed by atoms with Crippen molar-refractivity contribution >= 4 is 5.95 Å². The Morgan fingerprint density at radius 1 is 1.14 bits per heavy atom. The Labute approximate surface area is 166 Å². The maximum atomic E-state index is 11.0. The smallest absolute Gasteiger partial charge is 0.225 e. The Kier molecular flexibility index (Phi) is 5.46. The molecule has 2 aromatic rings. The van der Waals surface area contributed by atoms with Gasteiger partial charge in [0.2, 0.25) is 5.95 Å². The van der Waals surface area contributed by atoms with Crippen LogP contribution < -0.4 is 9.64 Å². The van der Waals surface area contributed by atoms with Crippen molar-refractivity contribution in [1.82, 2.24) is 19.9 Å².